The molecule has 0 fully saturated rings. The maximum absolute atomic E-state index is 10.6. The Morgan fingerprint density at radius 2 is 0.781 bits per heavy atom. The summed E-state index contributed by atoms with van der Waals surface area (Å²) in [6, 6.07) is 16.6. The van der Waals surface area contributed by atoms with E-state index in [1.165, 1.54) is 88.5 Å². The van der Waals surface area contributed by atoms with E-state index in [-0.39, 0.29) is 48.5 Å². The third-order valence-corrected chi connectivity index (χ3v) is 8.22. The van der Waals surface area contributed by atoms with Crippen LogP contribution in [0.25, 0.3) is 0 Å². The van der Waals surface area contributed by atoms with Gasteiger partial charge in [0.1, 0.15) is 0 Å². The lowest BCUT2D eigenvalue weighted by molar-refractivity contribution is 0.0649. The summed E-state index contributed by atoms with van der Waals surface area (Å²) < 4.78 is 4.63. The summed E-state index contributed by atoms with van der Waals surface area (Å²) in [4.78, 5) is 62.9. The first-order valence-corrected chi connectivity index (χ1v) is 20.6. The number of ether oxygens (including phenoxy) is 1. The molecule has 0 aliphatic rings. The van der Waals surface area contributed by atoms with E-state index in [4.69, 9.17) is 56.2 Å². The highest BCUT2D eigenvalue weighted by molar-refractivity contribution is 6.04. The summed E-state index contributed by atoms with van der Waals surface area (Å²) in [5.41, 5.74) is -1.60. The number of carbonyl (C=O) groups is 6. The molecule has 3 aromatic carbocycles. The Kier molecular flexibility index (Phi) is 39.1. The fourth-order valence-electron chi connectivity index (χ4n) is 4.53. The Labute approximate surface area is 374 Å². The van der Waals surface area contributed by atoms with Gasteiger partial charge in [0.05, 0.1) is 73.0 Å². The molecule has 0 atom stereocenters. The summed E-state index contributed by atoms with van der Waals surface area (Å²) in [7, 11) is 0. The van der Waals surface area contributed by atoms with Crippen molar-refractivity contribution in [2.24, 2.45) is 5.41 Å². The van der Waals surface area contributed by atoms with Gasteiger partial charge in [-0.3, -0.25) is 0 Å². The minimum atomic E-state index is -1.48. The average Bonchev–Trinajstić information content (AvgIpc) is 3.28. The van der Waals surface area contributed by atoms with E-state index < -0.39 is 46.9 Å². The largest absolute Gasteiger partial charge is 0.478 e. The van der Waals surface area contributed by atoms with Crippen molar-refractivity contribution in [1.29, 1.82) is 0 Å². The normalized spacial score (nSPS) is 9.94. The summed E-state index contributed by atoms with van der Waals surface area (Å²) in [5, 5.41) is 93.0. The van der Waals surface area contributed by atoms with Crippen molar-refractivity contribution in [1.82, 2.24) is 0 Å². The van der Waals surface area contributed by atoms with Gasteiger partial charge in [0, 0.05) is 12.0 Å². The first-order valence-electron chi connectivity index (χ1n) is 20.6. The van der Waals surface area contributed by atoms with Gasteiger partial charge in [0.15, 0.2) is 0 Å². The zero-order chi connectivity index (χ0) is 49.3. The Balaban J connectivity index is -0.000000714. The quantitative estimate of drug-likeness (QED) is 0.0451. The van der Waals surface area contributed by atoms with Crippen molar-refractivity contribution in [2.45, 2.75) is 91.4 Å². The van der Waals surface area contributed by atoms with Crippen LogP contribution in [0.15, 0.2) is 72.8 Å². The molecular formula is C46H68O18. The van der Waals surface area contributed by atoms with Gasteiger partial charge in [0.2, 0.25) is 0 Å². The second kappa shape index (κ2) is 40.0. The molecule has 0 saturated carbocycles. The number of hydrogen-bond donors (Lipinski definition) is 11. The van der Waals surface area contributed by atoms with Crippen LogP contribution in [0, 0.1) is 5.41 Å². The molecule has 0 bridgehead atoms. The molecule has 11 N–H and O–H groups in total. The molecule has 0 amide bonds. The molecule has 64 heavy (non-hydrogen) atoms. The Morgan fingerprint density at radius 3 is 1.08 bits per heavy atom. The van der Waals surface area contributed by atoms with Gasteiger partial charge < -0.3 is 60.9 Å². The van der Waals surface area contributed by atoms with Crippen molar-refractivity contribution < 1.29 is 89.7 Å². The van der Waals surface area contributed by atoms with Crippen LogP contribution in [0.4, 0.5) is 0 Å². The van der Waals surface area contributed by atoms with Gasteiger partial charge in [-0.05, 0) is 48.9 Å². The molecule has 360 valence electrons. The summed E-state index contributed by atoms with van der Waals surface area (Å²) in [6.07, 6.45) is 14.8. The van der Waals surface area contributed by atoms with E-state index >= 15 is 0 Å². The van der Waals surface area contributed by atoms with Crippen LogP contribution in [-0.4, -0.2) is 138 Å². The number of carboxylic acid groups (broad SMARTS) is 6. The number of carboxylic acids is 6. The molecule has 3 aromatic rings. The van der Waals surface area contributed by atoms with E-state index in [2.05, 4.69) is 11.7 Å². The number of aliphatic hydroxyl groups is 5. The SMILES string of the molecule is CC(C)(CO)CO.CCCCCCCCCCCCCO.O=C(O)c1ccc(C(=O)O)c(C(=O)O)c1.O=C(O)c1ccccc1.O=C(O)c1ccccc1C(=O)O.OCCOCCO. The third kappa shape index (κ3) is 33.8. The summed E-state index contributed by atoms with van der Waals surface area (Å²) >= 11 is 0. The maximum atomic E-state index is 10.6. The lowest BCUT2D eigenvalue weighted by Gasteiger charge is -2.16. The van der Waals surface area contributed by atoms with Crippen molar-refractivity contribution in [3.63, 3.8) is 0 Å². The molecule has 0 spiro atoms. The van der Waals surface area contributed by atoms with E-state index in [9.17, 15) is 28.8 Å². The molecule has 0 unspecified atom stereocenters. The number of benzene rings is 3. The number of hydrogen-bond acceptors (Lipinski definition) is 12. The van der Waals surface area contributed by atoms with Gasteiger partial charge in [0.25, 0.3) is 0 Å². The predicted molar refractivity (Wildman–Crippen MR) is 238 cm³/mol. The first kappa shape index (κ1) is 62.5. The van der Waals surface area contributed by atoms with Crippen LogP contribution in [0.2, 0.25) is 0 Å². The van der Waals surface area contributed by atoms with E-state index in [1.807, 2.05) is 0 Å². The third-order valence-electron chi connectivity index (χ3n) is 8.22. The number of aliphatic hydroxyl groups excluding tert-OH is 5. The van der Waals surface area contributed by atoms with Gasteiger partial charge in [-0.1, -0.05) is 115 Å². The molecule has 18 heteroatoms. The zero-order valence-electron chi connectivity index (χ0n) is 36.9. The van der Waals surface area contributed by atoms with Crippen LogP contribution in [-0.2, 0) is 4.74 Å². The minimum absolute atomic E-state index is 0.0278. The lowest BCUT2D eigenvalue weighted by Crippen LogP contribution is -2.20. The minimum Gasteiger partial charge on any atom is -0.478 e. The molecule has 0 aliphatic carbocycles. The molecule has 3 rings (SSSR count). The van der Waals surface area contributed by atoms with Gasteiger partial charge in [-0.2, -0.15) is 0 Å². The first-order chi connectivity index (χ1) is 30.3. The molecule has 0 heterocycles. The smallest absolute Gasteiger partial charge is 0.336 e. The Hall–Kier alpha value is -5.76. The lowest BCUT2D eigenvalue weighted by atomic mass is 9.97. The fourth-order valence-corrected chi connectivity index (χ4v) is 4.53. The summed E-state index contributed by atoms with van der Waals surface area (Å²) in [6.45, 7) is 7.02. The molecular weight excluding hydrogens is 840 g/mol. The second-order valence-electron chi connectivity index (χ2n) is 14.3. The standard InChI is InChI=1S/C13H28O.C9H6O6.C8H6O4.C7H6O2.C5H12O2.C4H10O3/c1-2-3-4-5-6-7-8-9-10-11-12-13-14;10-7(11)4-1-2-5(8(12)13)6(3-4)9(14)15;9-7(10)5-3-1-2-4-6(5)8(11)12;8-7(9)6-4-2-1-3-5-6;1-5(2,3-6)4-7;5-1-3-7-4-2-6/h14H,2-13H2,1H3;1-3H,(H,10,11)(H,12,13)(H,14,15);1-4H,(H,9,10)(H,11,12);1-5H,(H,8,9);6-7H,3-4H2,1-2H3;5-6H,1-4H2. The zero-order valence-corrected chi connectivity index (χ0v) is 36.9. The summed E-state index contributed by atoms with van der Waals surface area (Å²) in [5.74, 6) is -7.54. The van der Waals surface area contributed by atoms with Crippen LogP contribution < -0.4 is 0 Å². The van der Waals surface area contributed by atoms with Crippen molar-refractivity contribution in [2.75, 3.05) is 46.2 Å². The maximum Gasteiger partial charge on any atom is 0.336 e. The second-order valence-corrected chi connectivity index (χ2v) is 14.3. The highest BCUT2D eigenvalue weighted by Crippen LogP contribution is 2.14. The van der Waals surface area contributed by atoms with Gasteiger partial charge in [-0.15, -0.1) is 0 Å². The molecule has 0 saturated heterocycles. The van der Waals surface area contributed by atoms with E-state index in [1.54, 1.807) is 44.2 Å². The van der Waals surface area contributed by atoms with E-state index in [0.29, 0.717) is 25.4 Å². The molecule has 0 radical (unpaired) electrons. The van der Waals surface area contributed by atoms with Crippen molar-refractivity contribution in [3.8, 4) is 0 Å². The average molecular weight is 909 g/mol. The predicted octanol–water partition coefficient (Wildman–Crippen LogP) is 6.52. The Bertz CT molecular complexity index is 1670. The fraction of sp³-hybridized carbons (Fsp3) is 0.478. The van der Waals surface area contributed by atoms with Gasteiger partial charge in [-0.25, -0.2) is 28.8 Å². The molecule has 0 aliphatic heterocycles. The van der Waals surface area contributed by atoms with E-state index in [0.717, 1.165) is 24.6 Å². The van der Waals surface area contributed by atoms with Crippen molar-refractivity contribution in [3.05, 3.63) is 106 Å². The van der Waals surface area contributed by atoms with Crippen LogP contribution in [0.1, 0.15) is 154 Å². The number of unbranched alkanes of at least 4 members (excludes halogenated alkanes) is 10. The van der Waals surface area contributed by atoms with Crippen LogP contribution in [0.3, 0.4) is 0 Å². The van der Waals surface area contributed by atoms with Crippen LogP contribution in [0.5, 0.6) is 0 Å². The highest BCUT2D eigenvalue weighted by atomic mass is 16.5. The topological polar surface area (TPSA) is 334 Å². The van der Waals surface area contributed by atoms with Crippen LogP contribution >= 0.6 is 0 Å². The number of aromatic carboxylic acids is 6. The highest BCUT2D eigenvalue weighted by Gasteiger charge is 2.18. The number of rotatable bonds is 23. The molecule has 0 aromatic heterocycles. The molecule has 18 nitrogen and oxygen atoms in total. The van der Waals surface area contributed by atoms with Crippen molar-refractivity contribution >= 4 is 35.8 Å². The van der Waals surface area contributed by atoms with Gasteiger partial charge >= 0.3 is 35.8 Å². The monoisotopic (exact) mass is 908 g/mol. The Morgan fingerprint density at radius 1 is 0.422 bits per heavy atom.